The molecule has 0 amide bonds. The summed E-state index contributed by atoms with van der Waals surface area (Å²) in [6.07, 6.45) is 0.0632. The molecule has 2 rings (SSSR count). The predicted octanol–water partition coefficient (Wildman–Crippen LogP) is 1.12. The molecule has 1 heterocycles. The van der Waals surface area contributed by atoms with Crippen LogP contribution in [0.5, 0.6) is 0 Å². The van der Waals surface area contributed by atoms with Gasteiger partial charge in [0.05, 0.1) is 24.0 Å². The maximum atomic E-state index is 11.3. The lowest BCUT2D eigenvalue weighted by Gasteiger charge is -2.04. The van der Waals surface area contributed by atoms with Crippen LogP contribution in [0, 0.1) is 11.3 Å². The zero-order valence-corrected chi connectivity index (χ0v) is 7.77. The van der Waals surface area contributed by atoms with Crippen LogP contribution in [0.1, 0.15) is 23.5 Å². The van der Waals surface area contributed by atoms with Gasteiger partial charge in [-0.1, -0.05) is 12.1 Å². The Bertz CT molecular complexity index is 473. The highest BCUT2D eigenvalue weighted by molar-refractivity contribution is 5.97. The van der Waals surface area contributed by atoms with Crippen molar-refractivity contribution in [1.29, 1.82) is 5.26 Å². The van der Waals surface area contributed by atoms with E-state index in [1.165, 1.54) is 0 Å². The first-order valence-electron chi connectivity index (χ1n) is 4.45. The fourth-order valence-corrected chi connectivity index (χ4v) is 1.55. The molecule has 1 aliphatic rings. The van der Waals surface area contributed by atoms with Gasteiger partial charge in [0.2, 0.25) is 0 Å². The minimum Gasteiger partial charge on any atom is -0.393 e. The number of carbonyl (C=O) groups excluding carboxylic acids is 2. The summed E-state index contributed by atoms with van der Waals surface area (Å²) in [6, 6.07) is 8.62. The summed E-state index contributed by atoms with van der Waals surface area (Å²) >= 11 is 0. The smallest absolute Gasteiger partial charge is 0.321 e. The zero-order chi connectivity index (χ0) is 10.8. The number of cyclic esters (lactones) is 2. The van der Waals surface area contributed by atoms with Crippen LogP contribution in [0.25, 0.3) is 0 Å². The van der Waals surface area contributed by atoms with E-state index in [9.17, 15) is 9.59 Å². The molecule has 1 aliphatic heterocycles. The standard InChI is InChI=1S/C11H7NO3/c12-6-7-2-1-3-8(4-7)9-5-10(13)15-11(9)14/h1-4,9H,5H2. The molecule has 0 N–H and O–H groups in total. The van der Waals surface area contributed by atoms with Crippen LogP contribution in [0.2, 0.25) is 0 Å². The van der Waals surface area contributed by atoms with Gasteiger partial charge < -0.3 is 4.74 Å². The second-order valence-electron chi connectivity index (χ2n) is 3.29. The first-order chi connectivity index (χ1) is 7.20. The number of carbonyl (C=O) groups is 2. The van der Waals surface area contributed by atoms with Crippen LogP contribution in [-0.2, 0) is 14.3 Å². The molecule has 0 radical (unpaired) electrons. The van der Waals surface area contributed by atoms with Gasteiger partial charge in [-0.2, -0.15) is 5.26 Å². The molecule has 4 heteroatoms. The van der Waals surface area contributed by atoms with Crippen molar-refractivity contribution in [2.75, 3.05) is 0 Å². The summed E-state index contributed by atoms with van der Waals surface area (Å²) in [5, 5.41) is 8.69. The average molecular weight is 201 g/mol. The Morgan fingerprint density at radius 1 is 1.40 bits per heavy atom. The van der Waals surface area contributed by atoms with Crippen molar-refractivity contribution in [3.8, 4) is 6.07 Å². The number of nitrogens with zero attached hydrogens (tertiary/aromatic N) is 1. The van der Waals surface area contributed by atoms with E-state index in [4.69, 9.17) is 5.26 Å². The Hall–Kier alpha value is -2.15. The van der Waals surface area contributed by atoms with Crippen molar-refractivity contribution in [3.05, 3.63) is 35.4 Å². The van der Waals surface area contributed by atoms with Crippen LogP contribution in [0.3, 0.4) is 0 Å². The van der Waals surface area contributed by atoms with E-state index in [-0.39, 0.29) is 6.42 Å². The van der Waals surface area contributed by atoms with E-state index < -0.39 is 17.9 Å². The molecular formula is C11H7NO3. The van der Waals surface area contributed by atoms with Crippen molar-refractivity contribution in [3.63, 3.8) is 0 Å². The van der Waals surface area contributed by atoms with Gasteiger partial charge in [-0.15, -0.1) is 0 Å². The third-order valence-electron chi connectivity index (χ3n) is 2.29. The number of ether oxygens (including phenoxy) is 1. The Morgan fingerprint density at radius 2 is 2.20 bits per heavy atom. The monoisotopic (exact) mass is 201 g/mol. The maximum absolute atomic E-state index is 11.3. The highest BCUT2D eigenvalue weighted by Crippen LogP contribution is 2.27. The van der Waals surface area contributed by atoms with Crippen LogP contribution in [-0.4, -0.2) is 11.9 Å². The Balaban J connectivity index is 2.34. The second kappa shape index (κ2) is 3.54. The molecule has 1 atom stereocenters. The molecule has 0 aliphatic carbocycles. The third kappa shape index (κ3) is 1.72. The van der Waals surface area contributed by atoms with E-state index in [1.807, 2.05) is 6.07 Å². The van der Waals surface area contributed by atoms with Crippen LogP contribution >= 0.6 is 0 Å². The lowest BCUT2D eigenvalue weighted by atomic mass is 9.96. The second-order valence-corrected chi connectivity index (χ2v) is 3.29. The normalized spacial score (nSPS) is 19.8. The quantitative estimate of drug-likeness (QED) is 0.504. The minimum absolute atomic E-state index is 0.0632. The fourth-order valence-electron chi connectivity index (χ4n) is 1.55. The van der Waals surface area contributed by atoms with Gasteiger partial charge in [-0.25, -0.2) is 0 Å². The molecule has 1 aromatic rings. The number of rotatable bonds is 1. The summed E-state index contributed by atoms with van der Waals surface area (Å²) in [5.74, 6) is -1.59. The largest absolute Gasteiger partial charge is 0.393 e. The van der Waals surface area contributed by atoms with Crippen molar-refractivity contribution < 1.29 is 14.3 Å². The zero-order valence-electron chi connectivity index (χ0n) is 7.77. The molecule has 15 heavy (non-hydrogen) atoms. The van der Waals surface area contributed by atoms with Crippen LogP contribution in [0.15, 0.2) is 24.3 Å². The van der Waals surface area contributed by atoms with E-state index in [1.54, 1.807) is 24.3 Å². The Morgan fingerprint density at radius 3 is 2.80 bits per heavy atom. The summed E-state index contributed by atoms with van der Waals surface area (Å²) < 4.78 is 4.44. The third-order valence-corrected chi connectivity index (χ3v) is 2.29. The first kappa shape index (κ1) is 9.41. The minimum atomic E-state index is -0.550. The number of esters is 2. The van der Waals surface area contributed by atoms with Gasteiger partial charge in [-0.3, -0.25) is 9.59 Å². The summed E-state index contributed by atoms with van der Waals surface area (Å²) in [6.45, 7) is 0. The van der Waals surface area contributed by atoms with Crippen LogP contribution < -0.4 is 0 Å². The lowest BCUT2D eigenvalue weighted by molar-refractivity contribution is -0.152. The molecule has 0 aromatic heterocycles. The molecule has 1 saturated heterocycles. The number of hydrogen-bond acceptors (Lipinski definition) is 4. The molecule has 0 spiro atoms. The molecule has 0 saturated carbocycles. The number of benzene rings is 1. The van der Waals surface area contributed by atoms with Crippen molar-refractivity contribution in [2.45, 2.75) is 12.3 Å². The van der Waals surface area contributed by atoms with Gasteiger partial charge >= 0.3 is 11.9 Å². The van der Waals surface area contributed by atoms with Gasteiger partial charge in [-0.05, 0) is 17.7 Å². The van der Waals surface area contributed by atoms with Gasteiger partial charge in [0.15, 0.2) is 0 Å². The molecular weight excluding hydrogens is 194 g/mol. The first-order valence-corrected chi connectivity index (χ1v) is 4.45. The van der Waals surface area contributed by atoms with Crippen LogP contribution in [0.4, 0.5) is 0 Å². The van der Waals surface area contributed by atoms with Crippen molar-refractivity contribution in [2.24, 2.45) is 0 Å². The van der Waals surface area contributed by atoms with Crippen molar-refractivity contribution in [1.82, 2.24) is 0 Å². The molecule has 4 nitrogen and oxygen atoms in total. The van der Waals surface area contributed by atoms with Gasteiger partial charge in [0.25, 0.3) is 0 Å². The molecule has 0 bridgehead atoms. The summed E-state index contributed by atoms with van der Waals surface area (Å²) in [4.78, 5) is 22.1. The SMILES string of the molecule is N#Cc1cccc(C2CC(=O)OC2=O)c1. The van der Waals surface area contributed by atoms with Gasteiger partial charge in [0, 0.05) is 0 Å². The summed E-state index contributed by atoms with van der Waals surface area (Å²) in [7, 11) is 0. The topological polar surface area (TPSA) is 67.2 Å². The molecule has 1 unspecified atom stereocenters. The highest BCUT2D eigenvalue weighted by Gasteiger charge is 2.34. The maximum Gasteiger partial charge on any atom is 0.321 e. The molecule has 74 valence electrons. The predicted molar refractivity (Wildman–Crippen MR) is 49.6 cm³/mol. The van der Waals surface area contributed by atoms with E-state index in [0.717, 1.165) is 0 Å². The average Bonchev–Trinajstić information content (AvgIpc) is 2.58. The van der Waals surface area contributed by atoms with E-state index in [0.29, 0.717) is 11.1 Å². The Labute approximate surface area is 86.1 Å². The lowest BCUT2D eigenvalue weighted by Crippen LogP contribution is -2.05. The van der Waals surface area contributed by atoms with E-state index >= 15 is 0 Å². The summed E-state index contributed by atoms with van der Waals surface area (Å²) in [5.41, 5.74) is 1.13. The number of hydrogen-bond donors (Lipinski definition) is 0. The van der Waals surface area contributed by atoms with Gasteiger partial charge in [0.1, 0.15) is 0 Å². The van der Waals surface area contributed by atoms with E-state index in [2.05, 4.69) is 4.74 Å². The number of nitriles is 1. The molecule has 1 fully saturated rings. The highest BCUT2D eigenvalue weighted by atomic mass is 16.6. The van der Waals surface area contributed by atoms with Crippen molar-refractivity contribution >= 4 is 11.9 Å². The fraction of sp³-hybridized carbons (Fsp3) is 0.182. The molecule has 1 aromatic carbocycles. The Kier molecular flexibility index (Phi) is 2.22.